The van der Waals surface area contributed by atoms with Crippen LogP contribution in [0.15, 0.2) is 82.6 Å². The number of hydrogen-bond donors (Lipinski definition) is 2. The van der Waals surface area contributed by atoms with Crippen molar-refractivity contribution < 1.29 is 23.9 Å². The maximum absolute atomic E-state index is 14.3. The van der Waals surface area contributed by atoms with Crippen LogP contribution in [-0.2, 0) is 4.79 Å². The Morgan fingerprint density at radius 1 is 0.950 bits per heavy atom. The van der Waals surface area contributed by atoms with E-state index in [4.69, 9.17) is 4.42 Å². The van der Waals surface area contributed by atoms with Gasteiger partial charge in [0.05, 0.1) is 12.0 Å². The van der Waals surface area contributed by atoms with Gasteiger partial charge in [-0.1, -0.05) is 30.3 Å². The molecule has 1 aliphatic rings. The number of urea groups is 1. The third-order valence-corrected chi connectivity index (χ3v) is 8.54. The summed E-state index contributed by atoms with van der Waals surface area (Å²) in [6.07, 6.45) is 0. The van der Waals surface area contributed by atoms with Gasteiger partial charge in [0.15, 0.2) is 5.76 Å². The lowest BCUT2D eigenvalue weighted by molar-refractivity contribution is -0.142. The Kier molecular flexibility index (Phi) is 7.49. The predicted molar refractivity (Wildman–Crippen MR) is 155 cm³/mol. The quantitative estimate of drug-likeness (QED) is 0.257. The summed E-state index contributed by atoms with van der Waals surface area (Å²) in [5, 5.41) is 15.4. The Balaban J connectivity index is 1.72. The molecule has 9 heteroatoms. The number of aliphatic carboxylic acids is 1. The van der Waals surface area contributed by atoms with Crippen LogP contribution < -0.4 is 10.2 Å². The van der Waals surface area contributed by atoms with Crippen molar-refractivity contribution in [3.8, 4) is 0 Å². The molecule has 0 spiro atoms. The number of thiophene rings is 1. The van der Waals surface area contributed by atoms with Crippen LogP contribution in [0.3, 0.4) is 0 Å². The molecule has 3 heterocycles. The number of nitrogens with zero attached hydrogens (tertiary/aromatic N) is 2. The van der Waals surface area contributed by atoms with E-state index in [0.29, 0.717) is 17.0 Å². The van der Waals surface area contributed by atoms with Crippen LogP contribution >= 0.6 is 11.3 Å². The lowest BCUT2D eigenvalue weighted by atomic mass is 9.79. The van der Waals surface area contributed by atoms with Crippen molar-refractivity contribution in [2.75, 3.05) is 24.3 Å². The number of carboxylic acids is 1. The molecule has 2 aromatic heterocycles. The van der Waals surface area contributed by atoms with Crippen molar-refractivity contribution in [1.82, 2.24) is 4.90 Å². The molecule has 0 bridgehead atoms. The minimum atomic E-state index is -1.30. The second-order valence-corrected chi connectivity index (χ2v) is 11.2. The van der Waals surface area contributed by atoms with Gasteiger partial charge in [0.2, 0.25) is 5.78 Å². The third kappa shape index (κ3) is 5.00. The fourth-order valence-corrected chi connectivity index (χ4v) is 6.66. The smallest absolute Gasteiger partial charge is 0.327 e. The predicted octanol–water partition coefficient (Wildman–Crippen LogP) is 6.35. The molecule has 8 nitrogen and oxygen atoms in total. The second kappa shape index (κ2) is 11.0. The number of likely N-dealkylation sites (tertiary alicyclic amines) is 1. The summed E-state index contributed by atoms with van der Waals surface area (Å²) in [5.41, 5.74) is 3.01. The SMILES string of the molecule is Cc1ccc(C(=O)C2C(c3sccc3C)C(C(=O)O)N(C(=O)Nc3ccccc3)C2c2ccc(N(C)C)cc2)o1. The molecule has 4 unspecified atom stereocenters. The van der Waals surface area contributed by atoms with E-state index in [-0.39, 0.29) is 11.5 Å². The average molecular weight is 558 g/mol. The number of anilines is 2. The molecule has 0 saturated carbocycles. The first kappa shape index (κ1) is 27.2. The summed E-state index contributed by atoms with van der Waals surface area (Å²) in [6.45, 7) is 3.65. The monoisotopic (exact) mass is 557 g/mol. The molecule has 2 N–H and O–H groups in total. The van der Waals surface area contributed by atoms with Gasteiger partial charge in [-0.15, -0.1) is 11.3 Å². The number of benzene rings is 2. The van der Waals surface area contributed by atoms with Crippen LogP contribution in [0.2, 0.25) is 0 Å². The van der Waals surface area contributed by atoms with Crippen molar-refractivity contribution in [3.05, 3.63) is 106 Å². The topological polar surface area (TPSA) is 103 Å². The highest BCUT2D eigenvalue weighted by molar-refractivity contribution is 7.10. The van der Waals surface area contributed by atoms with E-state index in [0.717, 1.165) is 16.1 Å². The lowest BCUT2D eigenvalue weighted by Crippen LogP contribution is -2.45. The van der Waals surface area contributed by atoms with Gasteiger partial charge in [-0.3, -0.25) is 4.79 Å². The van der Waals surface area contributed by atoms with Crippen molar-refractivity contribution in [1.29, 1.82) is 0 Å². The number of aryl methyl sites for hydroxylation is 2. The summed E-state index contributed by atoms with van der Waals surface area (Å²) in [5.74, 6) is -2.50. The number of nitrogens with one attached hydrogen (secondary N) is 1. The number of carbonyl (C=O) groups is 3. The van der Waals surface area contributed by atoms with Crippen molar-refractivity contribution in [2.24, 2.45) is 5.92 Å². The van der Waals surface area contributed by atoms with E-state index in [9.17, 15) is 19.5 Å². The number of hydrogen-bond acceptors (Lipinski definition) is 6. The normalized spacial score (nSPS) is 20.4. The first-order valence-corrected chi connectivity index (χ1v) is 13.8. The van der Waals surface area contributed by atoms with Gasteiger partial charge >= 0.3 is 12.0 Å². The standard InChI is InChI=1S/C31H31N3O5S/c1-18-16-17-40-29(18)25-24(28(35)23-15-10-19(2)39-23)26(20-11-13-22(14-12-20)33(3)4)34(27(25)30(36)37)31(38)32-21-8-6-5-7-9-21/h5-17,24-27H,1-4H3,(H,32,38)(H,36,37). The van der Waals surface area contributed by atoms with Crippen molar-refractivity contribution in [2.45, 2.75) is 31.8 Å². The van der Waals surface area contributed by atoms with Crippen LogP contribution in [0.1, 0.15) is 44.3 Å². The summed E-state index contributed by atoms with van der Waals surface area (Å²) >= 11 is 1.40. The summed E-state index contributed by atoms with van der Waals surface area (Å²) in [7, 11) is 3.84. The maximum atomic E-state index is 14.3. The van der Waals surface area contributed by atoms with Gasteiger partial charge in [0.25, 0.3) is 0 Å². The lowest BCUT2D eigenvalue weighted by Gasteiger charge is -2.30. The molecule has 2 aromatic carbocycles. The molecule has 1 saturated heterocycles. The highest BCUT2D eigenvalue weighted by atomic mass is 32.1. The van der Waals surface area contributed by atoms with Gasteiger partial charge in [-0.25, -0.2) is 9.59 Å². The van der Waals surface area contributed by atoms with E-state index < -0.39 is 35.9 Å². The number of furan rings is 1. The molecule has 4 atom stereocenters. The van der Waals surface area contributed by atoms with Crippen LogP contribution in [0.25, 0.3) is 0 Å². The van der Waals surface area contributed by atoms with E-state index in [1.54, 1.807) is 43.3 Å². The zero-order valence-corrected chi connectivity index (χ0v) is 23.5. The van der Waals surface area contributed by atoms with E-state index >= 15 is 0 Å². The van der Waals surface area contributed by atoms with Crippen molar-refractivity contribution >= 4 is 40.5 Å². The number of carboxylic acid groups (broad SMARTS) is 1. The largest absolute Gasteiger partial charge is 0.480 e. The number of rotatable bonds is 7. The molecule has 206 valence electrons. The molecule has 2 amide bonds. The first-order valence-electron chi connectivity index (χ1n) is 13.0. The average Bonchev–Trinajstić information content (AvgIpc) is 3.65. The number of Topliss-reactive ketones (excluding diaryl/α,β-unsaturated/α-hetero) is 1. The Morgan fingerprint density at radius 3 is 2.20 bits per heavy atom. The fraction of sp³-hybridized carbons (Fsp3) is 0.258. The molecule has 1 aliphatic heterocycles. The van der Waals surface area contributed by atoms with Crippen LogP contribution in [0.5, 0.6) is 0 Å². The second-order valence-electron chi connectivity index (χ2n) is 10.2. The fourth-order valence-electron chi connectivity index (χ4n) is 5.55. The van der Waals surface area contributed by atoms with Crippen LogP contribution in [0, 0.1) is 19.8 Å². The summed E-state index contributed by atoms with van der Waals surface area (Å²) in [6, 6.07) is 18.9. The highest BCUT2D eigenvalue weighted by Gasteiger charge is 2.58. The van der Waals surface area contributed by atoms with Gasteiger partial charge in [0, 0.05) is 36.3 Å². The van der Waals surface area contributed by atoms with Gasteiger partial charge < -0.3 is 24.6 Å². The van der Waals surface area contributed by atoms with Crippen molar-refractivity contribution in [3.63, 3.8) is 0 Å². The number of amides is 2. The van der Waals surface area contributed by atoms with Crippen LogP contribution in [-0.4, -0.2) is 47.9 Å². The van der Waals surface area contributed by atoms with Gasteiger partial charge in [-0.05, 0) is 72.8 Å². The Hall–Kier alpha value is -4.37. The molecular weight excluding hydrogens is 526 g/mol. The first-order chi connectivity index (χ1) is 19.2. The maximum Gasteiger partial charge on any atom is 0.327 e. The van der Waals surface area contributed by atoms with Crippen LogP contribution in [0.4, 0.5) is 16.2 Å². The Labute approximate surface area is 236 Å². The van der Waals surface area contributed by atoms with E-state index in [2.05, 4.69) is 5.32 Å². The third-order valence-electron chi connectivity index (χ3n) is 7.42. The number of para-hydroxylation sites is 1. The molecule has 0 aliphatic carbocycles. The summed E-state index contributed by atoms with van der Waals surface area (Å²) < 4.78 is 5.76. The molecule has 5 rings (SSSR count). The Morgan fingerprint density at radius 2 is 1.65 bits per heavy atom. The molecule has 4 aromatic rings. The summed E-state index contributed by atoms with van der Waals surface area (Å²) in [4.78, 5) is 45.4. The van der Waals surface area contributed by atoms with E-state index in [1.807, 2.05) is 67.7 Å². The molecule has 40 heavy (non-hydrogen) atoms. The van der Waals surface area contributed by atoms with E-state index in [1.165, 1.54) is 16.2 Å². The minimum Gasteiger partial charge on any atom is -0.480 e. The van der Waals surface area contributed by atoms with Gasteiger partial charge in [-0.2, -0.15) is 0 Å². The number of carbonyl (C=O) groups excluding carboxylic acids is 2. The van der Waals surface area contributed by atoms with Gasteiger partial charge in [0.1, 0.15) is 11.8 Å². The molecule has 1 fully saturated rings. The molecule has 0 radical (unpaired) electrons. The zero-order valence-electron chi connectivity index (χ0n) is 22.7. The number of ketones is 1. The molecular formula is C31H31N3O5S. The highest BCUT2D eigenvalue weighted by Crippen LogP contribution is 2.53. The zero-order chi connectivity index (χ0) is 28.6. The minimum absolute atomic E-state index is 0.145. The Bertz CT molecular complexity index is 1530.